The van der Waals surface area contributed by atoms with E-state index in [0.29, 0.717) is 34.1 Å². The Bertz CT molecular complexity index is 818. The monoisotopic (exact) mass is 460 g/mol. The van der Waals surface area contributed by atoms with Crippen LogP contribution in [-0.2, 0) is 0 Å². The van der Waals surface area contributed by atoms with E-state index in [-0.39, 0.29) is 11.9 Å². The average Bonchev–Trinajstić information content (AvgIpc) is 3.24. The molecular weight excluding hydrogens is 432 g/mol. The molecule has 1 aliphatic heterocycles. The molecule has 0 N–H and O–H groups in total. The first-order valence-corrected chi connectivity index (χ1v) is 10.8. The van der Waals surface area contributed by atoms with E-state index in [1.807, 2.05) is 17.9 Å². The molecule has 2 atom stereocenters. The van der Waals surface area contributed by atoms with Gasteiger partial charge in [0.05, 0.1) is 14.2 Å². The number of likely N-dealkylation sites (N-methyl/N-ethyl adjacent to an activating group) is 1. The highest BCUT2D eigenvalue weighted by atomic mass is 79.9. The van der Waals surface area contributed by atoms with Crippen molar-refractivity contribution in [1.82, 2.24) is 9.80 Å². The molecule has 1 fully saturated rings. The quantitative estimate of drug-likeness (QED) is 0.596. The van der Waals surface area contributed by atoms with Crippen LogP contribution in [0.3, 0.4) is 0 Å². The zero-order valence-electron chi connectivity index (χ0n) is 17.5. The number of benzene rings is 2. The van der Waals surface area contributed by atoms with Crippen LogP contribution in [0.1, 0.15) is 42.2 Å². The summed E-state index contributed by atoms with van der Waals surface area (Å²) in [4.78, 5) is 17.8. The van der Waals surface area contributed by atoms with Gasteiger partial charge in [-0.05, 0) is 53.9 Å². The van der Waals surface area contributed by atoms with Crippen molar-refractivity contribution in [2.24, 2.45) is 0 Å². The van der Waals surface area contributed by atoms with Gasteiger partial charge in [0, 0.05) is 37.3 Å². The maximum atomic E-state index is 13.3. The van der Waals surface area contributed by atoms with Gasteiger partial charge in [0.1, 0.15) is 16.0 Å². The molecule has 0 unspecified atom stereocenters. The molecule has 0 radical (unpaired) electrons. The molecule has 0 aliphatic carbocycles. The van der Waals surface area contributed by atoms with E-state index in [9.17, 15) is 4.79 Å². The molecular formula is C23H29BrN2O3. The maximum Gasteiger partial charge on any atom is 0.254 e. The van der Waals surface area contributed by atoms with Crippen molar-refractivity contribution in [1.29, 1.82) is 0 Å². The van der Waals surface area contributed by atoms with Crippen molar-refractivity contribution >= 4 is 21.8 Å². The Kier molecular flexibility index (Phi) is 7.19. The van der Waals surface area contributed by atoms with Gasteiger partial charge in [0.25, 0.3) is 5.91 Å². The molecule has 5 nitrogen and oxygen atoms in total. The Morgan fingerprint density at radius 3 is 2.38 bits per heavy atom. The first-order valence-electron chi connectivity index (χ1n) is 10.0. The Labute approximate surface area is 181 Å². The second-order valence-electron chi connectivity index (χ2n) is 7.31. The molecule has 0 spiro atoms. The second kappa shape index (κ2) is 9.63. The molecule has 3 rings (SSSR count). The summed E-state index contributed by atoms with van der Waals surface area (Å²) in [5.74, 6) is 1.19. The van der Waals surface area contributed by atoms with Crippen molar-refractivity contribution in [2.45, 2.75) is 32.4 Å². The highest BCUT2D eigenvalue weighted by molar-refractivity contribution is 9.10. The van der Waals surface area contributed by atoms with Crippen LogP contribution in [0, 0.1) is 0 Å². The SMILES string of the molecule is CCN(C(=O)c1cc(OC)c(Br)c(OC)c1)[C@H]1CCN([C@@H](C)c2ccccc2)C1. The smallest absolute Gasteiger partial charge is 0.254 e. The van der Waals surface area contributed by atoms with Crippen LogP contribution in [0.25, 0.3) is 0 Å². The Hall–Kier alpha value is -2.05. The van der Waals surface area contributed by atoms with Gasteiger partial charge in [-0.25, -0.2) is 0 Å². The van der Waals surface area contributed by atoms with Crippen LogP contribution in [0.2, 0.25) is 0 Å². The number of ether oxygens (including phenoxy) is 2. The Morgan fingerprint density at radius 2 is 1.83 bits per heavy atom. The van der Waals surface area contributed by atoms with Crippen LogP contribution < -0.4 is 9.47 Å². The summed E-state index contributed by atoms with van der Waals surface area (Å²) in [6, 6.07) is 14.6. The van der Waals surface area contributed by atoms with E-state index in [1.165, 1.54) is 5.56 Å². The number of carbonyl (C=O) groups is 1. The van der Waals surface area contributed by atoms with Gasteiger partial charge in [-0.3, -0.25) is 9.69 Å². The summed E-state index contributed by atoms with van der Waals surface area (Å²) in [5.41, 5.74) is 1.89. The van der Waals surface area contributed by atoms with Crippen molar-refractivity contribution < 1.29 is 14.3 Å². The van der Waals surface area contributed by atoms with E-state index in [1.54, 1.807) is 26.4 Å². The van der Waals surface area contributed by atoms with Crippen molar-refractivity contribution in [2.75, 3.05) is 33.9 Å². The molecule has 6 heteroatoms. The van der Waals surface area contributed by atoms with Gasteiger partial charge in [-0.15, -0.1) is 0 Å². The number of rotatable bonds is 7. The lowest BCUT2D eigenvalue weighted by Crippen LogP contribution is -2.42. The number of nitrogens with zero attached hydrogens (tertiary/aromatic N) is 2. The molecule has 2 aromatic carbocycles. The summed E-state index contributed by atoms with van der Waals surface area (Å²) >= 11 is 3.47. The first-order chi connectivity index (χ1) is 14.0. The van der Waals surface area contributed by atoms with Gasteiger partial charge in [-0.1, -0.05) is 30.3 Å². The summed E-state index contributed by atoms with van der Waals surface area (Å²) in [7, 11) is 3.18. The van der Waals surface area contributed by atoms with E-state index in [0.717, 1.165) is 19.5 Å². The van der Waals surface area contributed by atoms with Gasteiger partial charge in [-0.2, -0.15) is 0 Å². The molecule has 0 bridgehead atoms. The fraction of sp³-hybridized carbons (Fsp3) is 0.435. The highest BCUT2D eigenvalue weighted by Crippen LogP contribution is 2.36. The van der Waals surface area contributed by atoms with E-state index in [4.69, 9.17) is 9.47 Å². The molecule has 0 aromatic heterocycles. The third-order valence-corrected chi connectivity index (χ3v) is 6.54. The lowest BCUT2D eigenvalue weighted by Gasteiger charge is -2.30. The zero-order chi connectivity index (χ0) is 21.0. The number of likely N-dealkylation sites (tertiary alicyclic amines) is 1. The van der Waals surface area contributed by atoms with Gasteiger partial charge in [0.2, 0.25) is 0 Å². The van der Waals surface area contributed by atoms with Crippen LogP contribution in [0.5, 0.6) is 11.5 Å². The number of methoxy groups -OCH3 is 2. The van der Waals surface area contributed by atoms with Gasteiger partial charge in [0.15, 0.2) is 0 Å². The zero-order valence-corrected chi connectivity index (χ0v) is 19.1. The molecule has 1 aliphatic rings. The number of hydrogen-bond donors (Lipinski definition) is 0. The predicted octanol–water partition coefficient (Wildman–Crippen LogP) is 4.76. The standard InChI is InChI=1S/C23H29BrN2O3/c1-5-26(23(27)18-13-20(28-3)22(24)21(14-18)29-4)19-11-12-25(15-19)16(2)17-9-7-6-8-10-17/h6-10,13-14,16,19H,5,11-12,15H2,1-4H3/t16-,19-/m0/s1. The average molecular weight is 461 g/mol. The van der Waals surface area contributed by atoms with Crippen LogP contribution in [-0.4, -0.2) is 55.6 Å². The normalized spacial score (nSPS) is 17.8. The van der Waals surface area contributed by atoms with E-state index < -0.39 is 0 Å². The first kappa shape index (κ1) is 21.7. The maximum absolute atomic E-state index is 13.3. The topological polar surface area (TPSA) is 42.0 Å². The van der Waals surface area contributed by atoms with Gasteiger partial charge >= 0.3 is 0 Å². The van der Waals surface area contributed by atoms with Crippen molar-refractivity contribution in [3.63, 3.8) is 0 Å². The van der Waals surface area contributed by atoms with Crippen molar-refractivity contribution in [3.8, 4) is 11.5 Å². The summed E-state index contributed by atoms with van der Waals surface area (Å²) in [6.45, 7) is 6.80. The number of carbonyl (C=O) groups excluding carboxylic acids is 1. The highest BCUT2D eigenvalue weighted by Gasteiger charge is 2.33. The molecule has 0 saturated carbocycles. The summed E-state index contributed by atoms with van der Waals surface area (Å²) in [6.07, 6.45) is 0.974. The molecule has 1 heterocycles. The number of amides is 1. The van der Waals surface area contributed by atoms with Crippen LogP contribution >= 0.6 is 15.9 Å². The Morgan fingerprint density at radius 1 is 1.21 bits per heavy atom. The lowest BCUT2D eigenvalue weighted by atomic mass is 10.1. The minimum absolute atomic E-state index is 0.0100. The number of hydrogen-bond acceptors (Lipinski definition) is 4. The predicted molar refractivity (Wildman–Crippen MR) is 119 cm³/mol. The second-order valence-corrected chi connectivity index (χ2v) is 8.10. The number of halogens is 1. The summed E-state index contributed by atoms with van der Waals surface area (Å²) in [5, 5.41) is 0. The largest absolute Gasteiger partial charge is 0.495 e. The molecule has 29 heavy (non-hydrogen) atoms. The fourth-order valence-electron chi connectivity index (χ4n) is 4.04. The molecule has 1 amide bonds. The summed E-state index contributed by atoms with van der Waals surface area (Å²) < 4.78 is 11.5. The van der Waals surface area contributed by atoms with Crippen LogP contribution in [0.4, 0.5) is 0 Å². The minimum Gasteiger partial charge on any atom is -0.495 e. The lowest BCUT2D eigenvalue weighted by molar-refractivity contribution is 0.0688. The van der Waals surface area contributed by atoms with Crippen molar-refractivity contribution in [3.05, 3.63) is 58.1 Å². The van der Waals surface area contributed by atoms with E-state index in [2.05, 4.69) is 52.0 Å². The van der Waals surface area contributed by atoms with E-state index >= 15 is 0 Å². The third-order valence-electron chi connectivity index (χ3n) is 5.76. The van der Waals surface area contributed by atoms with Gasteiger partial charge < -0.3 is 14.4 Å². The molecule has 1 saturated heterocycles. The Balaban J connectivity index is 1.77. The van der Waals surface area contributed by atoms with Crippen LogP contribution in [0.15, 0.2) is 46.9 Å². The molecule has 2 aromatic rings. The minimum atomic E-state index is 0.0100. The third kappa shape index (κ3) is 4.59. The fourth-order valence-corrected chi connectivity index (χ4v) is 4.60. The molecule has 156 valence electrons.